The minimum Gasteiger partial charge on any atom is -0.331 e. The van der Waals surface area contributed by atoms with Gasteiger partial charge in [0, 0.05) is 46.8 Å². The molecule has 0 spiro atoms. The molecule has 0 aliphatic carbocycles. The Labute approximate surface area is 136 Å². The Morgan fingerprint density at radius 3 is 2.64 bits per heavy atom. The number of rotatable bonds is 3. The second-order valence-electron chi connectivity index (χ2n) is 5.08. The Morgan fingerprint density at radius 1 is 1.09 bits per heavy atom. The molecule has 0 aliphatic heterocycles. The number of benzene rings is 1. The summed E-state index contributed by atoms with van der Waals surface area (Å²) in [7, 11) is 1.97. The summed E-state index contributed by atoms with van der Waals surface area (Å²) in [5.74, 6) is 1.70. The molecular weight excluding hydrogens is 316 g/mol. The molecule has 0 unspecified atom stereocenters. The molecule has 22 heavy (non-hydrogen) atoms. The molecular formula is C16H13ClN4S. The van der Waals surface area contributed by atoms with Crippen LogP contribution in [0.3, 0.4) is 0 Å². The highest BCUT2D eigenvalue weighted by atomic mass is 35.5. The van der Waals surface area contributed by atoms with Gasteiger partial charge < -0.3 is 9.13 Å². The Balaban J connectivity index is 1.76. The van der Waals surface area contributed by atoms with Crippen LogP contribution in [0.25, 0.3) is 21.7 Å². The van der Waals surface area contributed by atoms with E-state index in [1.807, 2.05) is 36.1 Å². The molecule has 1 aromatic carbocycles. The quantitative estimate of drug-likeness (QED) is 0.565. The molecule has 0 amide bonds. The van der Waals surface area contributed by atoms with Gasteiger partial charge in [0.2, 0.25) is 0 Å². The highest BCUT2D eigenvalue weighted by Crippen LogP contribution is 2.36. The van der Waals surface area contributed by atoms with E-state index in [4.69, 9.17) is 11.6 Å². The molecule has 6 heteroatoms. The van der Waals surface area contributed by atoms with Crippen LogP contribution in [0.5, 0.6) is 0 Å². The molecule has 4 aromatic rings. The number of hydrogen-bond acceptors (Lipinski definition) is 3. The molecule has 0 saturated carbocycles. The van der Waals surface area contributed by atoms with E-state index in [0.717, 1.165) is 26.9 Å². The van der Waals surface area contributed by atoms with E-state index in [1.165, 1.54) is 4.70 Å². The minimum absolute atomic E-state index is 0.695. The van der Waals surface area contributed by atoms with Gasteiger partial charge in [-0.2, -0.15) is 0 Å². The van der Waals surface area contributed by atoms with Crippen molar-refractivity contribution in [3.8, 4) is 11.6 Å². The third-order valence-corrected chi connectivity index (χ3v) is 5.35. The summed E-state index contributed by atoms with van der Waals surface area (Å²) in [5, 5.41) is 1.95. The molecule has 0 atom stereocenters. The first-order valence-electron chi connectivity index (χ1n) is 6.89. The molecule has 0 bridgehead atoms. The highest BCUT2D eigenvalue weighted by molar-refractivity contribution is 7.19. The number of aryl methyl sites for hydroxylation is 1. The lowest BCUT2D eigenvalue weighted by atomic mass is 10.2. The molecule has 0 radical (unpaired) electrons. The van der Waals surface area contributed by atoms with Crippen LogP contribution in [-0.2, 0) is 13.6 Å². The fourth-order valence-electron chi connectivity index (χ4n) is 2.55. The lowest BCUT2D eigenvalue weighted by molar-refractivity contribution is 0.797. The molecule has 0 aliphatic rings. The van der Waals surface area contributed by atoms with Crippen molar-refractivity contribution in [3.63, 3.8) is 0 Å². The number of fused-ring (bicyclic) bond motifs is 1. The average Bonchev–Trinajstić information content (AvgIpc) is 3.21. The largest absolute Gasteiger partial charge is 0.331 e. The van der Waals surface area contributed by atoms with Crippen LogP contribution in [0.2, 0.25) is 5.02 Å². The van der Waals surface area contributed by atoms with E-state index in [9.17, 15) is 0 Å². The first-order chi connectivity index (χ1) is 10.7. The van der Waals surface area contributed by atoms with Crippen LogP contribution in [0.4, 0.5) is 0 Å². The van der Waals surface area contributed by atoms with Crippen LogP contribution >= 0.6 is 22.9 Å². The van der Waals surface area contributed by atoms with Gasteiger partial charge in [-0.15, -0.1) is 11.3 Å². The number of aromatic nitrogens is 4. The lowest BCUT2D eigenvalue weighted by Crippen LogP contribution is -2.03. The van der Waals surface area contributed by atoms with Gasteiger partial charge in [-0.05, 0) is 6.07 Å². The van der Waals surface area contributed by atoms with Gasteiger partial charge in [0.15, 0.2) is 11.6 Å². The normalized spacial score (nSPS) is 11.4. The second-order valence-corrected chi connectivity index (χ2v) is 6.59. The summed E-state index contributed by atoms with van der Waals surface area (Å²) in [4.78, 5) is 9.95. The van der Waals surface area contributed by atoms with Crippen molar-refractivity contribution in [1.82, 2.24) is 19.1 Å². The molecule has 4 rings (SSSR count). The van der Waals surface area contributed by atoms with Gasteiger partial charge in [-0.3, -0.25) is 0 Å². The van der Waals surface area contributed by atoms with Crippen molar-refractivity contribution < 1.29 is 0 Å². The van der Waals surface area contributed by atoms with Crippen molar-refractivity contribution in [2.24, 2.45) is 7.05 Å². The summed E-state index contributed by atoms with van der Waals surface area (Å²) < 4.78 is 5.26. The molecule has 4 nitrogen and oxygen atoms in total. The van der Waals surface area contributed by atoms with Gasteiger partial charge >= 0.3 is 0 Å². The predicted molar refractivity (Wildman–Crippen MR) is 90.4 cm³/mol. The number of halogens is 1. The van der Waals surface area contributed by atoms with Crippen LogP contribution in [0.1, 0.15) is 4.88 Å². The summed E-state index contributed by atoms with van der Waals surface area (Å²) >= 11 is 8.26. The van der Waals surface area contributed by atoms with E-state index in [2.05, 4.69) is 26.7 Å². The minimum atomic E-state index is 0.695. The highest BCUT2D eigenvalue weighted by Gasteiger charge is 2.14. The predicted octanol–water partition coefficient (Wildman–Crippen LogP) is 4.20. The molecule has 0 fully saturated rings. The van der Waals surface area contributed by atoms with Crippen molar-refractivity contribution >= 4 is 33.0 Å². The van der Waals surface area contributed by atoms with Gasteiger partial charge in [-0.25, -0.2) is 9.97 Å². The van der Waals surface area contributed by atoms with Crippen LogP contribution in [0, 0.1) is 0 Å². The average molecular weight is 329 g/mol. The van der Waals surface area contributed by atoms with Crippen LogP contribution < -0.4 is 0 Å². The monoisotopic (exact) mass is 328 g/mol. The van der Waals surface area contributed by atoms with Crippen LogP contribution in [-0.4, -0.2) is 19.1 Å². The van der Waals surface area contributed by atoms with Crippen LogP contribution in [0.15, 0.2) is 49.1 Å². The lowest BCUT2D eigenvalue weighted by Gasteiger charge is -2.06. The third-order valence-electron chi connectivity index (χ3n) is 3.65. The van der Waals surface area contributed by atoms with Gasteiger partial charge in [0.25, 0.3) is 0 Å². The first-order valence-corrected chi connectivity index (χ1v) is 8.08. The third kappa shape index (κ3) is 2.14. The SMILES string of the molecule is Cn1ccnc1-c1nccn1Cc1sc2ccccc2c1Cl. The topological polar surface area (TPSA) is 35.6 Å². The zero-order valence-electron chi connectivity index (χ0n) is 11.9. The van der Waals surface area contributed by atoms with Gasteiger partial charge in [-0.1, -0.05) is 29.8 Å². The van der Waals surface area contributed by atoms with Gasteiger partial charge in [0.1, 0.15) is 0 Å². The molecule has 0 N–H and O–H groups in total. The van der Waals surface area contributed by atoms with Gasteiger partial charge in [0.05, 0.1) is 11.6 Å². The molecule has 3 aromatic heterocycles. The smallest absolute Gasteiger partial charge is 0.176 e. The fourth-order valence-corrected chi connectivity index (χ4v) is 4.04. The first kappa shape index (κ1) is 13.5. The summed E-state index contributed by atoms with van der Waals surface area (Å²) in [6.45, 7) is 0.695. The standard InChI is InChI=1S/C16H13ClN4S/c1-20-8-6-18-15(20)16-19-7-9-21(16)10-13-14(17)11-4-2-3-5-12(11)22-13/h2-9H,10H2,1H3. The van der Waals surface area contributed by atoms with Crippen molar-refractivity contribution in [2.45, 2.75) is 6.54 Å². The van der Waals surface area contributed by atoms with E-state index in [-0.39, 0.29) is 0 Å². The van der Waals surface area contributed by atoms with E-state index < -0.39 is 0 Å². The molecule has 110 valence electrons. The maximum Gasteiger partial charge on any atom is 0.176 e. The Morgan fingerprint density at radius 2 is 1.86 bits per heavy atom. The zero-order chi connectivity index (χ0) is 15.1. The number of thiophene rings is 1. The summed E-state index contributed by atoms with van der Waals surface area (Å²) in [5.41, 5.74) is 0. The number of nitrogens with zero attached hydrogens (tertiary/aromatic N) is 4. The summed E-state index contributed by atoms with van der Waals surface area (Å²) in [6.07, 6.45) is 7.46. The van der Waals surface area contributed by atoms with E-state index in [0.29, 0.717) is 6.54 Å². The van der Waals surface area contributed by atoms with Crippen molar-refractivity contribution in [1.29, 1.82) is 0 Å². The Hall–Kier alpha value is -2.11. The zero-order valence-corrected chi connectivity index (χ0v) is 13.5. The molecule has 0 saturated heterocycles. The Kier molecular flexibility index (Phi) is 3.24. The maximum absolute atomic E-state index is 6.54. The number of imidazole rings is 2. The Bertz CT molecular complexity index is 950. The number of hydrogen-bond donors (Lipinski definition) is 0. The van der Waals surface area contributed by atoms with E-state index >= 15 is 0 Å². The fraction of sp³-hybridized carbons (Fsp3) is 0.125. The summed E-state index contributed by atoms with van der Waals surface area (Å²) in [6, 6.07) is 8.21. The van der Waals surface area contributed by atoms with Crippen molar-refractivity contribution in [3.05, 3.63) is 59.0 Å². The molecule has 3 heterocycles. The van der Waals surface area contributed by atoms with Crippen molar-refractivity contribution in [2.75, 3.05) is 0 Å². The van der Waals surface area contributed by atoms with E-state index in [1.54, 1.807) is 23.7 Å². The maximum atomic E-state index is 6.54. The second kappa shape index (κ2) is 5.26.